The van der Waals surface area contributed by atoms with Crippen molar-refractivity contribution in [2.75, 3.05) is 0 Å². The third kappa shape index (κ3) is 3.14. The summed E-state index contributed by atoms with van der Waals surface area (Å²) in [5, 5.41) is 11.0. The summed E-state index contributed by atoms with van der Waals surface area (Å²) in [6, 6.07) is 9.69. The maximum atomic E-state index is 6.01. The maximum Gasteiger partial charge on any atom is 0.257 e. The van der Waals surface area contributed by atoms with E-state index in [-0.39, 0.29) is 5.25 Å². The molecule has 4 aromatic rings. The van der Waals surface area contributed by atoms with Gasteiger partial charge in [0.2, 0.25) is 5.89 Å². The van der Waals surface area contributed by atoms with Gasteiger partial charge >= 0.3 is 0 Å². The van der Waals surface area contributed by atoms with Crippen LogP contribution in [-0.4, -0.2) is 15.2 Å². The number of thiophene rings is 1. The Bertz CT molecular complexity index is 948. The van der Waals surface area contributed by atoms with Crippen LogP contribution in [0.5, 0.6) is 0 Å². The van der Waals surface area contributed by atoms with Gasteiger partial charge < -0.3 is 4.42 Å². The molecule has 0 amide bonds. The van der Waals surface area contributed by atoms with E-state index in [9.17, 15) is 0 Å². The molecule has 4 rings (SSSR count). The van der Waals surface area contributed by atoms with Crippen molar-refractivity contribution in [1.82, 2.24) is 15.2 Å². The van der Waals surface area contributed by atoms with Crippen molar-refractivity contribution in [3.8, 4) is 10.8 Å². The Labute approximate surface area is 149 Å². The summed E-state index contributed by atoms with van der Waals surface area (Å²) in [6.07, 6.45) is 0. The first kappa shape index (κ1) is 15.1. The van der Waals surface area contributed by atoms with E-state index in [1.54, 1.807) is 34.4 Å². The van der Waals surface area contributed by atoms with E-state index in [2.05, 4.69) is 15.2 Å². The van der Waals surface area contributed by atoms with Gasteiger partial charge in [0, 0.05) is 5.02 Å². The highest BCUT2D eigenvalue weighted by molar-refractivity contribution is 8.01. The lowest BCUT2D eigenvalue weighted by molar-refractivity contribution is 0.510. The zero-order valence-electron chi connectivity index (χ0n) is 11.9. The van der Waals surface area contributed by atoms with E-state index in [0.717, 1.165) is 19.4 Å². The summed E-state index contributed by atoms with van der Waals surface area (Å²) in [7, 11) is 0. The molecule has 23 heavy (non-hydrogen) atoms. The molecule has 0 saturated heterocycles. The van der Waals surface area contributed by atoms with Gasteiger partial charge in [-0.1, -0.05) is 29.4 Å². The molecule has 0 bridgehead atoms. The minimum Gasteiger partial charge on any atom is -0.419 e. The van der Waals surface area contributed by atoms with Gasteiger partial charge in [0.1, 0.15) is 0 Å². The Balaban J connectivity index is 1.55. The summed E-state index contributed by atoms with van der Waals surface area (Å²) in [4.78, 5) is 5.59. The Morgan fingerprint density at radius 2 is 2.17 bits per heavy atom. The van der Waals surface area contributed by atoms with Crippen LogP contribution in [0.2, 0.25) is 5.02 Å². The number of hydrogen-bond donors (Lipinski definition) is 0. The van der Waals surface area contributed by atoms with Crippen molar-refractivity contribution in [3.63, 3.8) is 0 Å². The molecule has 0 aliphatic carbocycles. The number of benzene rings is 1. The van der Waals surface area contributed by atoms with Crippen LogP contribution in [0.1, 0.15) is 18.1 Å². The molecule has 0 aliphatic rings. The number of fused-ring (bicyclic) bond motifs is 1. The molecule has 1 atom stereocenters. The van der Waals surface area contributed by atoms with Crippen molar-refractivity contribution in [3.05, 3.63) is 46.6 Å². The number of hydrogen-bond acceptors (Lipinski definition) is 7. The van der Waals surface area contributed by atoms with E-state index in [0.29, 0.717) is 16.8 Å². The van der Waals surface area contributed by atoms with Crippen LogP contribution in [-0.2, 0) is 0 Å². The second kappa shape index (κ2) is 6.24. The first-order chi connectivity index (χ1) is 11.2. The minimum absolute atomic E-state index is 0.0345. The molecule has 0 aliphatic heterocycles. The highest BCUT2D eigenvalue weighted by Gasteiger charge is 2.18. The third-order valence-electron chi connectivity index (χ3n) is 3.13. The Kier molecular flexibility index (Phi) is 4.11. The Morgan fingerprint density at radius 1 is 1.26 bits per heavy atom. The third-order valence-corrected chi connectivity index (χ3v) is 6.44. The number of thioether (sulfide) groups is 1. The molecule has 0 spiro atoms. The predicted octanol–water partition coefficient (Wildman–Crippen LogP) is 5.91. The largest absolute Gasteiger partial charge is 0.419 e. The van der Waals surface area contributed by atoms with Crippen LogP contribution in [0.4, 0.5) is 0 Å². The van der Waals surface area contributed by atoms with Crippen LogP contribution >= 0.6 is 46.0 Å². The molecular weight excluding hydrogens is 370 g/mol. The fraction of sp³-hybridized carbons (Fsp3) is 0.133. The van der Waals surface area contributed by atoms with Crippen molar-refractivity contribution in [2.24, 2.45) is 0 Å². The molecule has 0 saturated carbocycles. The average molecular weight is 380 g/mol. The van der Waals surface area contributed by atoms with E-state index in [1.165, 1.54) is 0 Å². The number of halogens is 1. The molecule has 116 valence electrons. The van der Waals surface area contributed by atoms with Crippen LogP contribution in [0.15, 0.2) is 44.5 Å². The summed E-state index contributed by atoms with van der Waals surface area (Å²) in [5.41, 5.74) is 0.919. The number of nitrogens with zero attached hydrogens (tertiary/aromatic N) is 3. The predicted molar refractivity (Wildman–Crippen MR) is 96.5 cm³/mol. The highest BCUT2D eigenvalue weighted by atomic mass is 35.5. The van der Waals surface area contributed by atoms with Crippen molar-refractivity contribution in [2.45, 2.75) is 16.5 Å². The molecule has 8 heteroatoms. The first-order valence-corrected chi connectivity index (χ1v) is 9.74. The van der Waals surface area contributed by atoms with Gasteiger partial charge in [0.05, 0.1) is 20.3 Å². The smallest absolute Gasteiger partial charge is 0.257 e. The molecule has 0 N–H and O–H groups in total. The summed E-state index contributed by atoms with van der Waals surface area (Å²) in [6.45, 7) is 2.04. The van der Waals surface area contributed by atoms with E-state index in [1.807, 2.05) is 42.6 Å². The lowest BCUT2D eigenvalue weighted by Gasteiger charge is -2.02. The van der Waals surface area contributed by atoms with Crippen molar-refractivity contribution < 1.29 is 4.42 Å². The number of rotatable bonds is 4. The summed E-state index contributed by atoms with van der Waals surface area (Å²) >= 11 is 10.8. The molecule has 0 radical (unpaired) electrons. The quantitative estimate of drug-likeness (QED) is 0.412. The molecule has 1 aromatic carbocycles. The normalized spacial score (nSPS) is 12.8. The zero-order chi connectivity index (χ0) is 15.8. The van der Waals surface area contributed by atoms with E-state index in [4.69, 9.17) is 16.0 Å². The lowest BCUT2D eigenvalue weighted by Crippen LogP contribution is -1.88. The second-order valence-electron chi connectivity index (χ2n) is 4.77. The standard InChI is InChI=1S/C15H10ClN3OS3/c1-8(13-18-19-14(20-13)12-3-2-6-21-12)22-15-17-10-7-9(16)4-5-11(10)23-15/h2-8H,1H3/t8-/m0/s1. The van der Waals surface area contributed by atoms with Crippen LogP contribution < -0.4 is 0 Å². The Hall–Kier alpha value is -1.41. The number of thiazole rings is 1. The lowest BCUT2D eigenvalue weighted by atomic mass is 10.3. The highest BCUT2D eigenvalue weighted by Crippen LogP contribution is 2.39. The molecule has 0 fully saturated rings. The Morgan fingerprint density at radius 3 is 3.00 bits per heavy atom. The van der Waals surface area contributed by atoms with Gasteiger partial charge in [-0.15, -0.1) is 32.9 Å². The van der Waals surface area contributed by atoms with E-state index < -0.39 is 0 Å². The molecule has 3 aromatic heterocycles. The maximum absolute atomic E-state index is 6.01. The monoisotopic (exact) mass is 379 g/mol. The SMILES string of the molecule is C[C@H](Sc1nc2cc(Cl)ccc2s1)c1nnc(-c2cccs2)o1. The molecule has 3 heterocycles. The first-order valence-electron chi connectivity index (χ1n) is 6.79. The fourth-order valence-corrected chi connectivity index (χ4v) is 5.06. The van der Waals surface area contributed by atoms with Crippen molar-refractivity contribution in [1.29, 1.82) is 0 Å². The van der Waals surface area contributed by atoms with Crippen LogP contribution in [0.25, 0.3) is 21.0 Å². The fourth-order valence-electron chi connectivity index (χ4n) is 2.03. The van der Waals surface area contributed by atoms with Gasteiger partial charge in [-0.25, -0.2) is 4.98 Å². The second-order valence-corrected chi connectivity index (χ2v) is 8.78. The van der Waals surface area contributed by atoms with Crippen LogP contribution in [0, 0.1) is 0 Å². The zero-order valence-corrected chi connectivity index (χ0v) is 15.1. The van der Waals surface area contributed by atoms with Crippen molar-refractivity contribution >= 4 is 56.3 Å². The van der Waals surface area contributed by atoms with Gasteiger partial charge in [-0.05, 0) is 36.6 Å². The minimum atomic E-state index is 0.0345. The van der Waals surface area contributed by atoms with Gasteiger partial charge in [0.25, 0.3) is 5.89 Å². The van der Waals surface area contributed by atoms with Crippen LogP contribution in [0.3, 0.4) is 0 Å². The summed E-state index contributed by atoms with van der Waals surface area (Å²) in [5.74, 6) is 1.18. The number of aromatic nitrogens is 3. The topological polar surface area (TPSA) is 51.8 Å². The average Bonchev–Trinajstić information content (AvgIpc) is 3.26. The van der Waals surface area contributed by atoms with E-state index >= 15 is 0 Å². The van der Waals surface area contributed by atoms with Gasteiger partial charge in [-0.2, -0.15) is 0 Å². The summed E-state index contributed by atoms with van der Waals surface area (Å²) < 4.78 is 7.86. The molecule has 4 nitrogen and oxygen atoms in total. The molecular formula is C15H10ClN3OS3. The van der Waals surface area contributed by atoms with Gasteiger partial charge in [-0.3, -0.25) is 0 Å². The molecule has 0 unspecified atom stereocenters. The van der Waals surface area contributed by atoms with Gasteiger partial charge in [0.15, 0.2) is 4.34 Å².